The number of hydrogen-bond donors (Lipinski definition) is 1. The Labute approximate surface area is 257 Å². The van der Waals surface area contributed by atoms with Gasteiger partial charge in [0.15, 0.2) is 5.58 Å². The summed E-state index contributed by atoms with van der Waals surface area (Å²) in [6.07, 6.45) is 1.82. The molecule has 4 aromatic heterocycles. The number of pyridine rings is 1. The SMILES string of the molecule is c1cc(-c2ccc3oc4cccnc4c3c2)cc(-n2c3ccccc3c3ccc(-c4ccc5[nH]c6ccccc6c5c4)cc32)c1. The van der Waals surface area contributed by atoms with Gasteiger partial charge in [-0.1, -0.05) is 72.8 Å². The molecule has 0 unspecified atom stereocenters. The summed E-state index contributed by atoms with van der Waals surface area (Å²) in [5.41, 5.74) is 13.0. The Kier molecular flexibility index (Phi) is 4.96. The van der Waals surface area contributed by atoms with Crippen LogP contribution in [0.5, 0.6) is 0 Å². The zero-order valence-electron chi connectivity index (χ0n) is 24.2. The molecule has 0 atom stereocenters. The number of aromatic nitrogens is 3. The Morgan fingerprint density at radius 1 is 0.467 bits per heavy atom. The molecule has 0 radical (unpaired) electrons. The number of hydrogen-bond acceptors (Lipinski definition) is 2. The molecule has 0 bridgehead atoms. The molecule has 4 heterocycles. The third-order valence-electron chi connectivity index (χ3n) is 9.18. The predicted molar refractivity (Wildman–Crippen MR) is 186 cm³/mol. The number of nitrogens with zero attached hydrogens (tertiary/aromatic N) is 2. The molecule has 0 amide bonds. The normalized spacial score (nSPS) is 12.0. The number of furan rings is 1. The average molecular weight is 576 g/mol. The summed E-state index contributed by atoms with van der Waals surface area (Å²) in [5.74, 6) is 0. The van der Waals surface area contributed by atoms with Crippen molar-refractivity contribution >= 4 is 65.7 Å². The number of H-pyrrole nitrogens is 1. The summed E-state index contributed by atoms with van der Waals surface area (Å²) in [4.78, 5) is 8.15. The van der Waals surface area contributed by atoms with Gasteiger partial charge in [0, 0.05) is 49.8 Å². The van der Waals surface area contributed by atoms with E-state index in [4.69, 9.17) is 4.42 Å². The van der Waals surface area contributed by atoms with E-state index in [-0.39, 0.29) is 0 Å². The second-order valence-electron chi connectivity index (χ2n) is 11.7. The van der Waals surface area contributed by atoms with Gasteiger partial charge >= 0.3 is 0 Å². The summed E-state index contributed by atoms with van der Waals surface area (Å²) in [6, 6.07) is 49.9. The van der Waals surface area contributed by atoms with Gasteiger partial charge in [0.1, 0.15) is 11.1 Å². The summed E-state index contributed by atoms with van der Waals surface area (Å²) in [6.45, 7) is 0. The van der Waals surface area contributed by atoms with Crippen molar-refractivity contribution in [2.24, 2.45) is 0 Å². The second kappa shape index (κ2) is 9.18. The van der Waals surface area contributed by atoms with Crippen molar-refractivity contribution in [3.63, 3.8) is 0 Å². The molecule has 0 saturated carbocycles. The molecular formula is C41H25N3O. The van der Waals surface area contributed by atoms with Crippen LogP contribution in [0.15, 0.2) is 150 Å². The van der Waals surface area contributed by atoms with Gasteiger partial charge in [0.25, 0.3) is 0 Å². The van der Waals surface area contributed by atoms with Crippen molar-refractivity contribution in [3.8, 4) is 27.9 Å². The summed E-state index contributed by atoms with van der Waals surface area (Å²) in [5, 5.41) is 6.01. The lowest BCUT2D eigenvalue weighted by atomic mass is 10.0. The first-order valence-electron chi connectivity index (χ1n) is 15.2. The Balaban J connectivity index is 1.16. The maximum Gasteiger partial charge on any atom is 0.153 e. The fourth-order valence-corrected chi connectivity index (χ4v) is 7.06. The molecule has 4 heteroatoms. The Morgan fingerprint density at radius 3 is 2.16 bits per heavy atom. The van der Waals surface area contributed by atoms with Crippen molar-refractivity contribution in [2.75, 3.05) is 0 Å². The third kappa shape index (κ3) is 3.63. The van der Waals surface area contributed by atoms with Crippen LogP contribution in [0.3, 0.4) is 0 Å². The van der Waals surface area contributed by atoms with E-state index in [1.165, 1.54) is 43.7 Å². The molecule has 0 aliphatic carbocycles. The molecule has 10 aromatic rings. The van der Waals surface area contributed by atoms with Gasteiger partial charge in [-0.25, -0.2) is 0 Å². The van der Waals surface area contributed by atoms with Gasteiger partial charge in [-0.15, -0.1) is 0 Å². The van der Waals surface area contributed by atoms with Crippen LogP contribution in [0.25, 0.3) is 93.6 Å². The number of aromatic amines is 1. The highest BCUT2D eigenvalue weighted by molar-refractivity contribution is 6.12. The number of para-hydroxylation sites is 2. The quantitative estimate of drug-likeness (QED) is 0.228. The predicted octanol–water partition coefficient (Wildman–Crippen LogP) is 11.0. The van der Waals surface area contributed by atoms with Crippen LogP contribution in [0.1, 0.15) is 0 Å². The van der Waals surface area contributed by atoms with E-state index >= 15 is 0 Å². The molecule has 0 aliphatic rings. The number of fused-ring (bicyclic) bond motifs is 9. The Hall–Kier alpha value is -6.13. The monoisotopic (exact) mass is 575 g/mol. The van der Waals surface area contributed by atoms with E-state index in [1.807, 2.05) is 18.3 Å². The first-order chi connectivity index (χ1) is 22.3. The molecule has 0 saturated heterocycles. The first-order valence-corrected chi connectivity index (χ1v) is 15.2. The van der Waals surface area contributed by atoms with E-state index in [0.717, 1.165) is 49.9 Å². The minimum Gasteiger partial charge on any atom is -0.454 e. The molecule has 0 spiro atoms. The minimum absolute atomic E-state index is 0.809. The maximum absolute atomic E-state index is 6.04. The molecule has 210 valence electrons. The van der Waals surface area contributed by atoms with Gasteiger partial charge in [0.05, 0.1) is 11.0 Å². The standard InChI is InChI=1S/C41H25N3O/c1-3-11-35-30(9-1)33-22-26(15-18-36(33)43-35)28-14-17-32-31-10-2-4-12-37(31)44(38(32)24-28)29-8-5-7-25(21-29)27-16-19-39-34(23-27)41-40(45-39)13-6-20-42-41/h1-24,43H. The van der Waals surface area contributed by atoms with Gasteiger partial charge in [-0.3, -0.25) is 4.98 Å². The summed E-state index contributed by atoms with van der Waals surface area (Å²) >= 11 is 0. The van der Waals surface area contributed by atoms with Crippen LogP contribution in [0.4, 0.5) is 0 Å². The third-order valence-corrected chi connectivity index (χ3v) is 9.18. The van der Waals surface area contributed by atoms with E-state index < -0.39 is 0 Å². The first kappa shape index (κ1) is 24.3. The zero-order valence-corrected chi connectivity index (χ0v) is 24.2. The second-order valence-corrected chi connectivity index (χ2v) is 11.7. The maximum atomic E-state index is 6.04. The smallest absolute Gasteiger partial charge is 0.153 e. The van der Waals surface area contributed by atoms with Crippen LogP contribution in [0, 0.1) is 0 Å². The van der Waals surface area contributed by atoms with Crippen LogP contribution < -0.4 is 0 Å². The molecular weight excluding hydrogens is 550 g/mol. The van der Waals surface area contributed by atoms with E-state index in [2.05, 4.69) is 142 Å². The van der Waals surface area contributed by atoms with Gasteiger partial charge in [-0.05, 0) is 89.0 Å². The highest BCUT2D eigenvalue weighted by atomic mass is 16.3. The lowest BCUT2D eigenvalue weighted by molar-refractivity contribution is 0.668. The van der Waals surface area contributed by atoms with Crippen molar-refractivity contribution in [1.29, 1.82) is 0 Å². The molecule has 0 fully saturated rings. The van der Waals surface area contributed by atoms with Crippen molar-refractivity contribution in [2.45, 2.75) is 0 Å². The van der Waals surface area contributed by atoms with Crippen molar-refractivity contribution in [3.05, 3.63) is 146 Å². The number of benzene rings is 6. The number of nitrogens with one attached hydrogen (secondary N) is 1. The summed E-state index contributed by atoms with van der Waals surface area (Å²) < 4.78 is 8.44. The van der Waals surface area contributed by atoms with Gasteiger partial charge in [0.2, 0.25) is 0 Å². The fourth-order valence-electron chi connectivity index (χ4n) is 7.06. The molecule has 45 heavy (non-hydrogen) atoms. The van der Waals surface area contributed by atoms with Crippen molar-refractivity contribution in [1.82, 2.24) is 14.5 Å². The highest BCUT2D eigenvalue weighted by Gasteiger charge is 2.15. The average Bonchev–Trinajstić information content (AvgIpc) is 3.77. The Bertz CT molecular complexity index is 2780. The van der Waals surface area contributed by atoms with E-state index in [1.54, 1.807) is 0 Å². The lowest BCUT2D eigenvalue weighted by Gasteiger charge is -2.11. The van der Waals surface area contributed by atoms with Crippen LogP contribution in [0.2, 0.25) is 0 Å². The fraction of sp³-hybridized carbons (Fsp3) is 0. The van der Waals surface area contributed by atoms with Crippen molar-refractivity contribution < 1.29 is 4.42 Å². The molecule has 6 aromatic carbocycles. The van der Waals surface area contributed by atoms with Crippen LogP contribution in [-0.4, -0.2) is 14.5 Å². The minimum atomic E-state index is 0.809. The molecule has 0 aliphatic heterocycles. The molecule has 10 rings (SSSR count). The Morgan fingerprint density at radius 2 is 1.20 bits per heavy atom. The van der Waals surface area contributed by atoms with Crippen LogP contribution >= 0.6 is 0 Å². The summed E-state index contributed by atoms with van der Waals surface area (Å²) in [7, 11) is 0. The molecule has 4 nitrogen and oxygen atoms in total. The highest BCUT2D eigenvalue weighted by Crippen LogP contribution is 2.38. The van der Waals surface area contributed by atoms with Crippen LogP contribution in [-0.2, 0) is 0 Å². The van der Waals surface area contributed by atoms with E-state index in [0.29, 0.717) is 0 Å². The largest absolute Gasteiger partial charge is 0.454 e. The van der Waals surface area contributed by atoms with Gasteiger partial charge < -0.3 is 14.0 Å². The topological polar surface area (TPSA) is 46.8 Å². The van der Waals surface area contributed by atoms with Gasteiger partial charge in [-0.2, -0.15) is 0 Å². The van der Waals surface area contributed by atoms with E-state index in [9.17, 15) is 0 Å². The zero-order chi connectivity index (χ0) is 29.5. The number of rotatable bonds is 3. The molecule has 1 N–H and O–H groups in total. The lowest BCUT2D eigenvalue weighted by Crippen LogP contribution is -1.94.